The van der Waals surface area contributed by atoms with Gasteiger partial charge in [-0.25, -0.2) is 9.59 Å². The normalized spacial score (nSPS) is 19.9. The molecule has 0 aromatic heterocycles. The zero-order valence-electron chi connectivity index (χ0n) is 24.8. The van der Waals surface area contributed by atoms with Crippen molar-refractivity contribution >= 4 is 29.8 Å². The maximum atomic E-state index is 13.7. The van der Waals surface area contributed by atoms with Crippen molar-refractivity contribution in [1.29, 1.82) is 0 Å². The fourth-order valence-electron chi connectivity index (χ4n) is 4.92. The summed E-state index contributed by atoms with van der Waals surface area (Å²) in [4.78, 5) is 52.6. The van der Waals surface area contributed by atoms with Crippen molar-refractivity contribution < 1.29 is 56.4 Å². The molecule has 1 aliphatic heterocycles. The number of ether oxygens (including phenoxy) is 4. The Labute approximate surface area is 262 Å². The summed E-state index contributed by atoms with van der Waals surface area (Å²) < 4.78 is 57.7. The van der Waals surface area contributed by atoms with E-state index in [9.17, 15) is 37.5 Å². The van der Waals surface area contributed by atoms with Gasteiger partial charge in [0.05, 0.1) is 12.2 Å². The smallest absolute Gasteiger partial charge is 0.422 e. The number of benzene rings is 2. The summed E-state index contributed by atoms with van der Waals surface area (Å²) in [5.74, 6) is -2.82. The molecule has 1 fully saturated rings. The quantitative estimate of drug-likeness (QED) is 0.263. The number of hydrogen-bond donors (Lipinski definition) is 2. The first-order valence-corrected chi connectivity index (χ1v) is 14.3. The largest absolute Gasteiger partial charge is 0.456 e. The Kier molecular flexibility index (Phi) is 11.7. The number of likely N-dealkylation sites (N-methyl/N-ethyl adjacent to an activating group) is 1. The van der Waals surface area contributed by atoms with E-state index in [1.165, 1.54) is 42.3 Å². The maximum absolute atomic E-state index is 13.7. The molecule has 2 N–H and O–H groups in total. The SMILES string of the molecule is CN(C(=O)C1=CC2OCOC2C(OC(=O)c2ccc(C=CC(=O)OCC(F)(F)F)cc2)C1)C(Cc1ccccc1)C(=O)NCCO. The molecule has 4 atom stereocenters. The Morgan fingerprint density at radius 3 is 2.48 bits per heavy atom. The molecule has 0 radical (unpaired) electrons. The molecule has 2 amide bonds. The van der Waals surface area contributed by atoms with Crippen LogP contribution in [-0.4, -0.2) is 97.9 Å². The topological polar surface area (TPSA) is 141 Å². The fraction of sp³-hybridized carbons (Fsp3) is 0.375. The molecule has 14 heteroatoms. The van der Waals surface area contributed by atoms with Crippen LogP contribution in [0.3, 0.4) is 0 Å². The van der Waals surface area contributed by atoms with Gasteiger partial charge in [0.1, 0.15) is 31.1 Å². The van der Waals surface area contributed by atoms with Crippen LogP contribution in [0.25, 0.3) is 6.08 Å². The minimum absolute atomic E-state index is 0.0172. The van der Waals surface area contributed by atoms with Crippen LogP contribution in [0.5, 0.6) is 0 Å². The number of nitrogens with zero attached hydrogens (tertiary/aromatic N) is 1. The second-order valence-corrected chi connectivity index (χ2v) is 10.5. The standard InChI is InChI=1S/C32H33F3N2O9/c1-37(24(29(40)36-13-14-38)15-21-5-3-2-4-6-21)30(41)23-16-25-28(45-19-44-25)26(17-23)46-31(42)22-10-7-20(8-11-22)9-12-27(39)43-18-32(33,34)35/h2-12,16,24-26,28,38H,13-15,17-19H2,1H3,(H,36,40). The van der Waals surface area contributed by atoms with E-state index in [0.29, 0.717) is 5.56 Å². The molecule has 11 nitrogen and oxygen atoms in total. The Morgan fingerprint density at radius 2 is 1.80 bits per heavy atom. The molecule has 1 aliphatic carbocycles. The number of amides is 2. The van der Waals surface area contributed by atoms with Crippen LogP contribution in [0.15, 0.2) is 72.3 Å². The average Bonchev–Trinajstić information content (AvgIpc) is 3.53. The Bertz CT molecular complexity index is 1440. The van der Waals surface area contributed by atoms with E-state index in [0.717, 1.165) is 11.6 Å². The number of nitrogens with one attached hydrogen (secondary N) is 1. The van der Waals surface area contributed by atoms with E-state index < -0.39 is 60.9 Å². The summed E-state index contributed by atoms with van der Waals surface area (Å²) in [6.07, 6.45) is -3.03. The minimum Gasteiger partial charge on any atom is -0.456 e. The first kappa shape index (κ1) is 34.3. The molecule has 46 heavy (non-hydrogen) atoms. The van der Waals surface area contributed by atoms with E-state index in [1.54, 1.807) is 6.08 Å². The van der Waals surface area contributed by atoms with E-state index in [2.05, 4.69) is 10.1 Å². The lowest BCUT2D eigenvalue weighted by atomic mass is 9.90. The van der Waals surface area contributed by atoms with Crippen molar-refractivity contribution in [2.24, 2.45) is 0 Å². The molecule has 0 saturated carbocycles. The summed E-state index contributed by atoms with van der Waals surface area (Å²) in [5, 5.41) is 11.8. The number of alkyl halides is 3. The first-order chi connectivity index (χ1) is 21.9. The molecular formula is C32H33F3N2O9. The van der Waals surface area contributed by atoms with Gasteiger partial charge >= 0.3 is 18.1 Å². The molecule has 0 spiro atoms. The molecule has 4 rings (SSSR count). The second kappa shape index (κ2) is 15.7. The van der Waals surface area contributed by atoms with Gasteiger partial charge in [0.25, 0.3) is 0 Å². The van der Waals surface area contributed by atoms with Crippen molar-refractivity contribution in [3.8, 4) is 0 Å². The summed E-state index contributed by atoms with van der Waals surface area (Å²) in [5.41, 5.74) is 1.64. The Morgan fingerprint density at radius 1 is 1.09 bits per heavy atom. The Hall–Kier alpha value is -4.53. The lowest BCUT2D eigenvalue weighted by molar-refractivity contribution is -0.182. The molecule has 1 heterocycles. The molecule has 246 valence electrons. The van der Waals surface area contributed by atoms with E-state index >= 15 is 0 Å². The van der Waals surface area contributed by atoms with Gasteiger partial charge in [-0.3, -0.25) is 9.59 Å². The maximum Gasteiger partial charge on any atom is 0.422 e. The minimum atomic E-state index is -4.64. The van der Waals surface area contributed by atoms with Gasteiger partial charge in [-0.05, 0) is 35.4 Å². The number of aliphatic hydroxyl groups excluding tert-OH is 1. The molecule has 2 aromatic carbocycles. The third-order valence-electron chi connectivity index (χ3n) is 7.24. The van der Waals surface area contributed by atoms with E-state index in [1.807, 2.05) is 30.3 Å². The van der Waals surface area contributed by atoms with Crippen molar-refractivity contribution in [2.45, 2.75) is 43.4 Å². The number of rotatable bonds is 12. The highest BCUT2D eigenvalue weighted by atomic mass is 19.4. The zero-order chi connectivity index (χ0) is 33.3. The predicted molar refractivity (Wildman–Crippen MR) is 156 cm³/mol. The predicted octanol–water partition coefficient (Wildman–Crippen LogP) is 2.58. The number of carbonyl (C=O) groups is 4. The van der Waals surface area contributed by atoms with Crippen LogP contribution >= 0.6 is 0 Å². The van der Waals surface area contributed by atoms with Gasteiger partial charge < -0.3 is 34.3 Å². The van der Waals surface area contributed by atoms with E-state index in [-0.39, 0.29) is 43.9 Å². The molecule has 0 bridgehead atoms. The van der Waals surface area contributed by atoms with Gasteiger partial charge in [0.2, 0.25) is 11.8 Å². The number of fused-ring (bicyclic) bond motifs is 1. The number of esters is 2. The van der Waals surface area contributed by atoms with Gasteiger partial charge in [-0.1, -0.05) is 42.5 Å². The zero-order valence-corrected chi connectivity index (χ0v) is 24.8. The van der Waals surface area contributed by atoms with Crippen molar-refractivity contribution in [3.63, 3.8) is 0 Å². The molecule has 1 saturated heterocycles. The number of halogens is 3. The van der Waals surface area contributed by atoms with Crippen LogP contribution in [0.2, 0.25) is 0 Å². The lowest BCUT2D eigenvalue weighted by Crippen LogP contribution is -2.51. The number of aliphatic hydroxyl groups is 1. The van der Waals surface area contributed by atoms with Gasteiger partial charge in [0.15, 0.2) is 6.61 Å². The highest BCUT2D eigenvalue weighted by Crippen LogP contribution is 2.32. The summed E-state index contributed by atoms with van der Waals surface area (Å²) >= 11 is 0. The van der Waals surface area contributed by atoms with Gasteiger partial charge in [-0.15, -0.1) is 0 Å². The van der Waals surface area contributed by atoms with Crippen LogP contribution in [0.4, 0.5) is 13.2 Å². The highest BCUT2D eigenvalue weighted by Gasteiger charge is 2.43. The van der Waals surface area contributed by atoms with Crippen molar-refractivity contribution in [2.75, 3.05) is 33.6 Å². The monoisotopic (exact) mass is 646 g/mol. The van der Waals surface area contributed by atoms with Crippen LogP contribution in [0, 0.1) is 0 Å². The molecular weight excluding hydrogens is 613 g/mol. The Balaban J connectivity index is 1.43. The molecule has 2 aliphatic rings. The van der Waals surface area contributed by atoms with Crippen molar-refractivity contribution in [3.05, 3.63) is 89.0 Å². The van der Waals surface area contributed by atoms with Crippen molar-refractivity contribution in [1.82, 2.24) is 10.2 Å². The number of carbonyl (C=O) groups excluding carboxylic acids is 4. The first-order valence-electron chi connectivity index (χ1n) is 14.3. The summed E-state index contributed by atoms with van der Waals surface area (Å²) in [6, 6.07) is 14.0. The average molecular weight is 647 g/mol. The lowest BCUT2D eigenvalue weighted by Gasteiger charge is -2.33. The molecule has 4 unspecified atom stereocenters. The molecule has 2 aromatic rings. The summed E-state index contributed by atoms with van der Waals surface area (Å²) in [7, 11) is 1.50. The van der Waals surface area contributed by atoms with E-state index in [4.69, 9.17) is 14.2 Å². The third kappa shape index (κ3) is 9.49. The highest BCUT2D eigenvalue weighted by molar-refractivity contribution is 5.97. The van der Waals surface area contributed by atoms with Crippen LogP contribution < -0.4 is 5.32 Å². The third-order valence-corrected chi connectivity index (χ3v) is 7.24. The summed E-state index contributed by atoms with van der Waals surface area (Å²) in [6.45, 7) is -2.03. The van der Waals surface area contributed by atoms with Gasteiger partial charge in [0, 0.05) is 38.1 Å². The number of hydrogen-bond acceptors (Lipinski definition) is 9. The second-order valence-electron chi connectivity index (χ2n) is 10.5. The fourth-order valence-corrected chi connectivity index (χ4v) is 4.92. The van der Waals surface area contributed by atoms with Crippen LogP contribution in [0.1, 0.15) is 27.9 Å². The van der Waals surface area contributed by atoms with Crippen LogP contribution in [-0.2, 0) is 39.8 Å². The van der Waals surface area contributed by atoms with Gasteiger partial charge in [-0.2, -0.15) is 13.2 Å².